The Labute approximate surface area is 98.4 Å². The van der Waals surface area contributed by atoms with Crippen LogP contribution < -0.4 is 0 Å². The fourth-order valence-corrected chi connectivity index (χ4v) is 2.61. The number of nitrogens with one attached hydrogen (secondary N) is 1. The third kappa shape index (κ3) is 1.57. The molecule has 2 heteroatoms. The van der Waals surface area contributed by atoms with E-state index in [4.69, 9.17) is 0 Å². The zero-order valence-electron chi connectivity index (χ0n) is 8.68. The molecule has 0 atom stereocenters. The van der Waals surface area contributed by atoms with Crippen LogP contribution in [0.2, 0.25) is 0 Å². The predicted molar refractivity (Wildman–Crippen MR) is 69.5 cm³/mol. The molecule has 1 aromatic carbocycles. The molecule has 2 heterocycles. The summed E-state index contributed by atoms with van der Waals surface area (Å²) < 4.78 is 0. The summed E-state index contributed by atoms with van der Waals surface area (Å²) in [5, 5.41) is 2.11. The maximum atomic E-state index is 3.32. The Hall–Kier alpha value is -1.80. The number of hydrogen-bond acceptors (Lipinski definition) is 1. The van der Waals surface area contributed by atoms with Crippen molar-refractivity contribution < 1.29 is 0 Å². The van der Waals surface area contributed by atoms with Crippen LogP contribution in [0.15, 0.2) is 60.1 Å². The molecular formula is C14H11NS. The summed E-state index contributed by atoms with van der Waals surface area (Å²) in [5.74, 6) is 0. The van der Waals surface area contributed by atoms with Gasteiger partial charge in [-0.2, -0.15) is 0 Å². The largest absolute Gasteiger partial charge is 0.361 e. The minimum Gasteiger partial charge on any atom is -0.361 e. The summed E-state index contributed by atoms with van der Waals surface area (Å²) in [6.45, 7) is 0. The maximum absolute atomic E-state index is 3.32. The molecule has 1 N–H and O–H groups in total. The Kier molecular flexibility index (Phi) is 2.35. The van der Waals surface area contributed by atoms with Gasteiger partial charge < -0.3 is 4.98 Å². The summed E-state index contributed by atoms with van der Waals surface area (Å²) in [6, 6.07) is 16.8. The number of aromatic nitrogens is 1. The lowest BCUT2D eigenvalue weighted by Crippen LogP contribution is -1.79. The minimum absolute atomic E-state index is 1.20. The van der Waals surface area contributed by atoms with Crippen LogP contribution in [0.4, 0.5) is 0 Å². The van der Waals surface area contributed by atoms with E-state index in [0.29, 0.717) is 0 Å². The SMILES string of the molecule is c1ccc(-c2[nH]ccc2-c2cccs2)cc1. The lowest BCUT2D eigenvalue weighted by atomic mass is 10.1. The van der Waals surface area contributed by atoms with Gasteiger partial charge in [0.1, 0.15) is 0 Å². The Balaban J connectivity index is 2.14. The number of H-pyrrole nitrogens is 1. The van der Waals surface area contributed by atoms with Gasteiger partial charge in [0.05, 0.1) is 5.69 Å². The average Bonchev–Trinajstić information content (AvgIpc) is 3.01. The van der Waals surface area contributed by atoms with Crippen LogP contribution in [0, 0.1) is 0 Å². The fraction of sp³-hybridized carbons (Fsp3) is 0. The van der Waals surface area contributed by atoms with Gasteiger partial charge in [-0.3, -0.25) is 0 Å². The summed E-state index contributed by atoms with van der Waals surface area (Å²) in [4.78, 5) is 4.62. The Morgan fingerprint density at radius 3 is 2.50 bits per heavy atom. The van der Waals surface area contributed by atoms with Gasteiger partial charge in [0.25, 0.3) is 0 Å². The molecule has 78 valence electrons. The van der Waals surface area contributed by atoms with Crippen LogP contribution in [0.25, 0.3) is 21.7 Å². The molecule has 0 amide bonds. The number of thiophene rings is 1. The molecule has 0 unspecified atom stereocenters. The Morgan fingerprint density at radius 2 is 1.75 bits per heavy atom. The highest BCUT2D eigenvalue weighted by molar-refractivity contribution is 7.13. The quantitative estimate of drug-likeness (QED) is 0.665. The van der Waals surface area contributed by atoms with Gasteiger partial charge in [-0.05, 0) is 23.1 Å². The van der Waals surface area contributed by atoms with Gasteiger partial charge in [-0.25, -0.2) is 0 Å². The highest BCUT2D eigenvalue weighted by Crippen LogP contribution is 2.33. The lowest BCUT2D eigenvalue weighted by molar-refractivity contribution is 1.40. The molecule has 3 rings (SSSR count). The maximum Gasteiger partial charge on any atom is 0.0541 e. The molecule has 0 spiro atoms. The van der Waals surface area contributed by atoms with Crippen LogP contribution >= 0.6 is 11.3 Å². The van der Waals surface area contributed by atoms with E-state index in [1.54, 1.807) is 11.3 Å². The molecule has 0 aliphatic heterocycles. The second kappa shape index (κ2) is 3.99. The second-order valence-electron chi connectivity index (χ2n) is 3.61. The van der Waals surface area contributed by atoms with Gasteiger partial charge in [-0.15, -0.1) is 11.3 Å². The number of benzene rings is 1. The molecule has 0 radical (unpaired) electrons. The molecule has 0 aliphatic carbocycles. The normalized spacial score (nSPS) is 10.5. The summed E-state index contributed by atoms with van der Waals surface area (Å²) in [7, 11) is 0. The highest BCUT2D eigenvalue weighted by atomic mass is 32.1. The standard InChI is InChI=1S/C14H11NS/c1-2-5-11(6-3-1)14-12(8-9-15-14)13-7-4-10-16-13/h1-10,15H. The van der Waals surface area contributed by atoms with E-state index in [1.165, 1.54) is 21.7 Å². The molecule has 2 aromatic heterocycles. The van der Waals surface area contributed by atoms with Crippen molar-refractivity contribution in [3.8, 4) is 21.7 Å². The van der Waals surface area contributed by atoms with Crippen LogP contribution in [0.5, 0.6) is 0 Å². The first-order valence-corrected chi connectivity index (χ1v) is 6.10. The molecule has 0 aliphatic rings. The summed E-state index contributed by atoms with van der Waals surface area (Å²) in [5.41, 5.74) is 3.71. The van der Waals surface area contributed by atoms with Crippen molar-refractivity contribution in [2.75, 3.05) is 0 Å². The van der Waals surface area contributed by atoms with Gasteiger partial charge in [0.15, 0.2) is 0 Å². The van der Waals surface area contributed by atoms with Crippen molar-refractivity contribution >= 4 is 11.3 Å². The second-order valence-corrected chi connectivity index (χ2v) is 4.56. The van der Waals surface area contributed by atoms with E-state index >= 15 is 0 Å². The van der Waals surface area contributed by atoms with Crippen molar-refractivity contribution in [3.05, 3.63) is 60.1 Å². The van der Waals surface area contributed by atoms with Crippen molar-refractivity contribution in [2.24, 2.45) is 0 Å². The number of hydrogen-bond donors (Lipinski definition) is 1. The van der Waals surface area contributed by atoms with Crippen molar-refractivity contribution in [2.45, 2.75) is 0 Å². The highest BCUT2D eigenvalue weighted by Gasteiger charge is 2.08. The summed E-state index contributed by atoms with van der Waals surface area (Å²) >= 11 is 1.77. The van der Waals surface area contributed by atoms with Crippen LogP contribution in [0.1, 0.15) is 0 Å². The Bertz CT molecular complexity index is 564. The van der Waals surface area contributed by atoms with Gasteiger partial charge in [0.2, 0.25) is 0 Å². The molecule has 3 aromatic rings. The molecule has 0 saturated heterocycles. The first kappa shape index (κ1) is 9.43. The minimum atomic E-state index is 1.20. The van der Waals surface area contributed by atoms with Gasteiger partial charge >= 0.3 is 0 Å². The molecule has 1 nitrogen and oxygen atoms in total. The zero-order valence-corrected chi connectivity index (χ0v) is 9.50. The first-order valence-electron chi connectivity index (χ1n) is 5.22. The smallest absolute Gasteiger partial charge is 0.0541 e. The monoisotopic (exact) mass is 225 g/mol. The van der Waals surface area contributed by atoms with Crippen LogP contribution in [-0.4, -0.2) is 4.98 Å². The molecule has 0 bridgehead atoms. The van der Waals surface area contributed by atoms with Gasteiger partial charge in [-0.1, -0.05) is 36.4 Å². The van der Waals surface area contributed by atoms with Crippen molar-refractivity contribution in [1.29, 1.82) is 0 Å². The lowest BCUT2D eigenvalue weighted by Gasteiger charge is -2.01. The van der Waals surface area contributed by atoms with E-state index in [9.17, 15) is 0 Å². The molecule has 16 heavy (non-hydrogen) atoms. The molecule has 0 fully saturated rings. The molecular weight excluding hydrogens is 214 g/mol. The fourth-order valence-electron chi connectivity index (χ4n) is 1.85. The van der Waals surface area contributed by atoms with E-state index in [1.807, 2.05) is 12.3 Å². The van der Waals surface area contributed by atoms with Crippen molar-refractivity contribution in [3.63, 3.8) is 0 Å². The van der Waals surface area contributed by atoms with E-state index in [0.717, 1.165) is 0 Å². The van der Waals surface area contributed by atoms with E-state index < -0.39 is 0 Å². The average molecular weight is 225 g/mol. The Morgan fingerprint density at radius 1 is 0.875 bits per heavy atom. The van der Waals surface area contributed by atoms with E-state index in [-0.39, 0.29) is 0 Å². The number of rotatable bonds is 2. The topological polar surface area (TPSA) is 15.8 Å². The van der Waals surface area contributed by atoms with Crippen LogP contribution in [0.3, 0.4) is 0 Å². The zero-order chi connectivity index (χ0) is 10.8. The molecule has 0 saturated carbocycles. The van der Waals surface area contributed by atoms with Gasteiger partial charge in [0, 0.05) is 16.6 Å². The number of aromatic amines is 1. The van der Waals surface area contributed by atoms with Crippen molar-refractivity contribution in [1.82, 2.24) is 4.98 Å². The van der Waals surface area contributed by atoms with E-state index in [2.05, 4.69) is 52.8 Å². The third-order valence-corrected chi connectivity index (χ3v) is 3.50. The summed E-state index contributed by atoms with van der Waals surface area (Å²) in [6.07, 6.45) is 2.00. The van der Waals surface area contributed by atoms with Crippen LogP contribution in [-0.2, 0) is 0 Å². The predicted octanol–water partition coefficient (Wildman–Crippen LogP) is 4.41. The third-order valence-electron chi connectivity index (χ3n) is 2.60. The first-order chi connectivity index (χ1) is 7.95.